The fraction of sp³-hybridized carbons (Fsp3) is 0.417. The number of aliphatic hydroxyl groups excluding tert-OH is 2. The Morgan fingerprint density at radius 2 is 2.00 bits per heavy atom. The van der Waals surface area contributed by atoms with Crippen molar-refractivity contribution < 1.29 is 24.5 Å². The Bertz CT molecular complexity index is 335. The van der Waals surface area contributed by atoms with E-state index in [1.54, 1.807) is 24.3 Å². The molecule has 0 saturated carbocycles. The number of carbonyl (C=O) groups excluding carboxylic acids is 1. The molecule has 2 N–H and O–H groups in total. The summed E-state index contributed by atoms with van der Waals surface area (Å²) in [6.07, 6.45) is -1.35. The number of benzene rings is 1. The van der Waals surface area contributed by atoms with Crippen molar-refractivity contribution in [2.24, 2.45) is 0 Å². The van der Waals surface area contributed by atoms with Crippen molar-refractivity contribution in [2.75, 3.05) is 13.2 Å². The Balaban J connectivity index is 2.77. The van der Waals surface area contributed by atoms with Gasteiger partial charge >= 0.3 is 0 Å². The number of hydrogen-bond donors (Lipinski definition) is 2. The molecule has 0 spiro atoms. The van der Waals surface area contributed by atoms with Crippen molar-refractivity contribution in [1.29, 1.82) is 0 Å². The second-order valence-electron chi connectivity index (χ2n) is 3.41. The molecule has 0 aliphatic carbocycles. The molecule has 2 atom stereocenters. The Hall–Kier alpha value is -1.59. The highest BCUT2D eigenvalue weighted by molar-refractivity contribution is 5.38. The summed E-state index contributed by atoms with van der Waals surface area (Å²) in [5.41, 5.74) is 0.672. The third-order valence-corrected chi connectivity index (χ3v) is 2.36. The van der Waals surface area contributed by atoms with E-state index in [4.69, 9.17) is 9.84 Å². The topological polar surface area (TPSA) is 76.0 Å². The van der Waals surface area contributed by atoms with Gasteiger partial charge in [-0.1, -0.05) is 12.1 Å². The highest BCUT2D eigenvalue weighted by Crippen LogP contribution is 2.22. The smallest absolute Gasteiger partial charge is 0.295 e. The van der Waals surface area contributed by atoms with Crippen molar-refractivity contribution in [3.63, 3.8) is 0 Å². The number of rotatable bonds is 7. The first kappa shape index (κ1) is 13.5. The van der Waals surface area contributed by atoms with E-state index in [1.165, 1.54) is 0 Å². The van der Waals surface area contributed by atoms with E-state index >= 15 is 0 Å². The van der Waals surface area contributed by atoms with Crippen LogP contribution in [0.1, 0.15) is 18.4 Å². The molecule has 0 aliphatic heterocycles. The van der Waals surface area contributed by atoms with Crippen LogP contribution in [-0.4, -0.2) is 36.2 Å². The fourth-order valence-corrected chi connectivity index (χ4v) is 1.49. The molecule has 5 heteroatoms. The molecule has 1 rings (SSSR count). The van der Waals surface area contributed by atoms with E-state index in [2.05, 4.69) is 4.74 Å². The lowest BCUT2D eigenvalue weighted by Gasteiger charge is -2.19. The van der Waals surface area contributed by atoms with Gasteiger partial charge in [0.25, 0.3) is 6.47 Å². The molecule has 0 aromatic heterocycles. The zero-order valence-corrected chi connectivity index (χ0v) is 9.57. The number of carbonyl (C=O) groups is 1. The zero-order valence-electron chi connectivity index (χ0n) is 9.57. The second-order valence-corrected chi connectivity index (χ2v) is 3.41. The maximum Gasteiger partial charge on any atom is 0.295 e. The van der Waals surface area contributed by atoms with Crippen LogP contribution in [0.5, 0.6) is 5.75 Å². The SMILES string of the molecule is CCOc1ccc(C(CO)C(O)OC=O)cc1. The average Bonchev–Trinajstić information content (AvgIpc) is 2.33. The summed E-state index contributed by atoms with van der Waals surface area (Å²) in [7, 11) is 0. The molecule has 0 heterocycles. The molecule has 1 aromatic rings. The molecule has 94 valence electrons. The summed E-state index contributed by atoms with van der Waals surface area (Å²) < 4.78 is 9.68. The number of hydrogen-bond acceptors (Lipinski definition) is 5. The van der Waals surface area contributed by atoms with Gasteiger partial charge in [-0.15, -0.1) is 0 Å². The third-order valence-electron chi connectivity index (χ3n) is 2.36. The van der Waals surface area contributed by atoms with E-state index in [-0.39, 0.29) is 13.1 Å². The van der Waals surface area contributed by atoms with Gasteiger partial charge in [0.05, 0.1) is 19.1 Å². The molecule has 0 saturated heterocycles. The summed E-state index contributed by atoms with van der Waals surface area (Å²) in [5.74, 6) is 0.0506. The Kier molecular flexibility index (Phi) is 5.45. The highest BCUT2D eigenvalue weighted by Gasteiger charge is 2.21. The van der Waals surface area contributed by atoms with Crippen molar-refractivity contribution >= 4 is 6.47 Å². The molecule has 2 unspecified atom stereocenters. The Morgan fingerprint density at radius 3 is 2.47 bits per heavy atom. The normalized spacial score (nSPS) is 13.8. The monoisotopic (exact) mass is 240 g/mol. The summed E-state index contributed by atoms with van der Waals surface area (Å²) >= 11 is 0. The Morgan fingerprint density at radius 1 is 1.35 bits per heavy atom. The van der Waals surface area contributed by atoms with Crippen LogP contribution in [0.15, 0.2) is 24.3 Å². The molecular weight excluding hydrogens is 224 g/mol. The van der Waals surface area contributed by atoms with Gasteiger partial charge in [0, 0.05) is 0 Å². The molecule has 1 aromatic carbocycles. The van der Waals surface area contributed by atoms with E-state index in [0.29, 0.717) is 17.9 Å². The van der Waals surface area contributed by atoms with E-state index in [1.807, 2.05) is 6.92 Å². The van der Waals surface area contributed by atoms with Gasteiger partial charge in [-0.05, 0) is 24.6 Å². The predicted octanol–water partition coefficient (Wildman–Crippen LogP) is 0.653. The van der Waals surface area contributed by atoms with Gasteiger partial charge < -0.3 is 19.7 Å². The van der Waals surface area contributed by atoms with Crippen LogP contribution in [0.3, 0.4) is 0 Å². The minimum absolute atomic E-state index is 0.155. The molecule has 0 fully saturated rings. The van der Waals surface area contributed by atoms with Gasteiger partial charge in [0.15, 0.2) is 0 Å². The molecular formula is C12H16O5. The van der Waals surface area contributed by atoms with Crippen molar-refractivity contribution in [3.8, 4) is 5.75 Å². The summed E-state index contributed by atoms with van der Waals surface area (Å²) in [6.45, 7) is 2.29. The van der Waals surface area contributed by atoms with Gasteiger partial charge in [0.2, 0.25) is 6.29 Å². The standard InChI is InChI=1S/C12H16O5/c1-2-16-10-5-3-9(4-6-10)11(7-13)12(15)17-8-14/h3-6,8,11-13,15H,2,7H2,1H3. The van der Waals surface area contributed by atoms with Crippen molar-refractivity contribution in [1.82, 2.24) is 0 Å². The third kappa shape index (κ3) is 3.72. The first-order valence-corrected chi connectivity index (χ1v) is 5.33. The number of aliphatic hydroxyl groups is 2. The largest absolute Gasteiger partial charge is 0.494 e. The van der Waals surface area contributed by atoms with Crippen LogP contribution in [0.4, 0.5) is 0 Å². The minimum Gasteiger partial charge on any atom is -0.494 e. The van der Waals surface area contributed by atoms with Crippen LogP contribution in [0.2, 0.25) is 0 Å². The van der Waals surface area contributed by atoms with Crippen LogP contribution in [0, 0.1) is 0 Å². The summed E-state index contributed by atoms with van der Waals surface area (Å²) in [5, 5.41) is 18.7. The summed E-state index contributed by atoms with van der Waals surface area (Å²) in [4.78, 5) is 10.1. The number of ether oxygens (including phenoxy) is 2. The average molecular weight is 240 g/mol. The van der Waals surface area contributed by atoms with Crippen LogP contribution < -0.4 is 4.74 Å². The van der Waals surface area contributed by atoms with E-state index < -0.39 is 12.2 Å². The first-order valence-electron chi connectivity index (χ1n) is 5.33. The molecule has 0 amide bonds. The van der Waals surface area contributed by atoms with Crippen molar-refractivity contribution in [2.45, 2.75) is 19.1 Å². The molecule has 0 bridgehead atoms. The molecule has 17 heavy (non-hydrogen) atoms. The lowest BCUT2D eigenvalue weighted by molar-refractivity contribution is -0.157. The van der Waals surface area contributed by atoms with Crippen LogP contribution in [0.25, 0.3) is 0 Å². The van der Waals surface area contributed by atoms with Gasteiger partial charge in [-0.25, -0.2) is 0 Å². The zero-order chi connectivity index (χ0) is 12.7. The Labute approximate surface area is 99.6 Å². The van der Waals surface area contributed by atoms with Gasteiger partial charge in [0.1, 0.15) is 5.75 Å². The molecule has 0 aliphatic rings. The fourth-order valence-electron chi connectivity index (χ4n) is 1.49. The highest BCUT2D eigenvalue weighted by atomic mass is 16.6. The quantitative estimate of drug-likeness (QED) is 0.540. The molecule has 5 nitrogen and oxygen atoms in total. The van der Waals surface area contributed by atoms with Crippen molar-refractivity contribution in [3.05, 3.63) is 29.8 Å². The van der Waals surface area contributed by atoms with E-state index in [9.17, 15) is 9.90 Å². The second kappa shape index (κ2) is 6.88. The van der Waals surface area contributed by atoms with Crippen LogP contribution in [-0.2, 0) is 9.53 Å². The maximum atomic E-state index is 10.1. The van der Waals surface area contributed by atoms with Crippen LogP contribution >= 0.6 is 0 Å². The van der Waals surface area contributed by atoms with E-state index in [0.717, 1.165) is 0 Å². The van der Waals surface area contributed by atoms with Gasteiger partial charge in [-0.2, -0.15) is 0 Å². The summed E-state index contributed by atoms with van der Waals surface area (Å²) in [6, 6.07) is 6.89. The minimum atomic E-state index is -1.35. The first-order chi connectivity index (χ1) is 8.22. The molecule has 0 radical (unpaired) electrons. The predicted molar refractivity (Wildman–Crippen MR) is 60.6 cm³/mol. The maximum absolute atomic E-state index is 10.1. The van der Waals surface area contributed by atoms with Gasteiger partial charge in [-0.3, -0.25) is 4.79 Å². The lowest BCUT2D eigenvalue weighted by Crippen LogP contribution is -2.24. The lowest BCUT2D eigenvalue weighted by atomic mass is 9.99.